The summed E-state index contributed by atoms with van der Waals surface area (Å²) in [5.41, 5.74) is 6.69. The first-order chi connectivity index (χ1) is 16.9. The second kappa shape index (κ2) is 8.75. The highest BCUT2D eigenvalue weighted by Gasteiger charge is 2.25. The highest BCUT2D eigenvalue weighted by atomic mass is 16.6. The molecule has 3 aromatic carbocycles. The number of rotatable bonds is 7. The van der Waals surface area contributed by atoms with Crippen LogP contribution in [0.2, 0.25) is 0 Å². The van der Waals surface area contributed by atoms with Crippen molar-refractivity contribution >= 4 is 44.6 Å². The van der Waals surface area contributed by atoms with Crippen LogP contribution in [0.15, 0.2) is 84.2 Å². The summed E-state index contributed by atoms with van der Waals surface area (Å²) in [6.07, 6.45) is 3.90. The van der Waals surface area contributed by atoms with E-state index in [9.17, 15) is 20.2 Å². The molecule has 0 aliphatic rings. The van der Waals surface area contributed by atoms with Gasteiger partial charge in [-0.15, -0.1) is 0 Å². The van der Waals surface area contributed by atoms with Crippen LogP contribution in [0.25, 0.3) is 21.8 Å². The van der Waals surface area contributed by atoms with E-state index in [0.717, 1.165) is 39.0 Å². The van der Waals surface area contributed by atoms with Crippen molar-refractivity contribution in [3.05, 3.63) is 110 Å². The van der Waals surface area contributed by atoms with Gasteiger partial charge in [0.2, 0.25) is 0 Å². The maximum Gasteiger partial charge on any atom is 0.301 e. The average Bonchev–Trinajstić information content (AvgIpc) is 3.48. The predicted octanol–water partition coefficient (Wildman–Crippen LogP) is 6.09. The molecule has 2 aromatic heterocycles. The van der Waals surface area contributed by atoms with Crippen molar-refractivity contribution in [2.45, 2.75) is 12.8 Å². The lowest BCUT2D eigenvalue weighted by molar-refractivity contribution is -0.393. The maximum atomic E-state index is 11.5. The number of nitro groups is 2. The molecular formula is C25H20N6O4. The molecule has 0 saturated carbocycles. The van der Waals surface area contributed by atoms with Gasteiger partial charge in [0.25, 0.3) is 5.69 Å². The fourth-order valence-electron chi connectivity index (χ4n) is 4.38. The third-order valence-corrected chi connectivity index (χ3v) is 6.02. The highest BCUT2D eigenvalue weighted by molar-refractivity contribution is 6.01. The molecule has 0 spiro atoms. The first-order valence-electron chi connectivity index (χ1n) is 10.8. The van der Waals surface area contributed by atoms with Crippen molar-refractivity contribution in [2.24, 2.45) is 5.10 Å². The first kappa shape index (κ1) is 21.8. The molecule has 0 fully saturated rings. The number of nitro benzene ring substituents is 2. The molecule has 0 radical (unpaired) electrons. The van der Waals surface area contributed by atoms with Crippen LogP contribution in [-0.2, 0) is 0 Å². The SMILES string of the molecule is C/C(=N\Nc1ccc([N+](=O)[O-])cc1[N+](=O)[O-])C(c1c[nH]c2ccccc12)c1c[nH]c2ccccc12. The molecule has 0 aliphatic heterocycles. The van der Waals surface area contributed by atoms with Crippen molar-refractivity contribution in [1.82, 2.24) is 9.97 Å². The lowest BCUT2D eigenvalue weighted by Crippen LogP contribution is -2.12. The summed E-state index contributed by atoms with van der Waals surface area (Å²) in [6, 6.07) is 19.3. The van der Waals surface area contributed by atoms with E-state index < -0.39 is 15.5 Å². The average molecular weight is 468 g/mol. The number of aromatic nitrogens is 2. The van der Waals surface area contributed by atoms with E-state index in [1.54, 1.807) is 0 Å². The fraction of sp³-hybridized carbons (Fsp3) is 0.0800. The van der Waals surface area contributed by atoms with Crippen LogP contribution >= 0.6 is 0 Å². The zero-order chi connectivity index (χ0) is 24.5. The third kappa shape index (κ3) is 3.97. The Morgan fingerprint density at radius 1 is 0.857 bits per heavy atom. The Kier molecular flexibility index (Phi) is 5.46. The monoisotopic (exact) mass is 468 g/mol. The number of aromatic amines is 2. The van der Waals surface area contributed by atoms with Gasteiger partial charge in [-0.1, -0.05) is 36.4 Å². The summed E-state index contributed by atoms with van der Waals surface area (Å²) >= 11 is 0. The molecule has 2 heterocycles. The molecule has 35 heavy (non-hydrogen) atoms. The van der Waals surface area contributed by atoms with Crippen LogP contribution in [0, 0.1) is 20.2 Å². The Bertz CT molecular complexity index is 1540. The van der Waals surface area contributed by atoms with Crippen molar-refractivity contribution in [3.63, 3.8) is 0 Å². The van der Waals surface area contributed by atoms with Crippen LogP contribution in [-0.4, -0.2) is 25.5 Å². The van der Waals surface area contributed by atoms with E-state index in [1.807, 2.05) is 67.8 Å². The number of H-pyrrole nitrogens is 2. The number of fused-ring (bicyclic) bond motifs is 2. The number of hydrazone groups is 1. The summed E-state index contributed by atoms with van der Waals surface area (Å²) < 4.78 is 0. The van der Waals surface area contributed by atoms with E-state index in [-0.39, 0.29) is 17.3 Å². The zero-order valence-electron chi connectivity index (χ0n) is 18.6. The van der Waals surface area contributed by atoms with Gasteiger partial charge in [0.1, 0.15) is 5.69 Å². The van der Waals surface area contributed by atoms with Gasteiger partial charge in [-0.25, -0.2) is 0 Å². The number of anilines is 1. The predicted molar refractivity (Wildman–Crippen MR) is 135 cm³/mol. The Hall–Kier alpha value is -4.99. The second-order valence-corrected chi connectivity index (χ2v) is 8.09. The van der Waals surface area contributed by atoms with Crippen molar-refractivity contribution in [2.75, 3.05) is 5.43 Å². The van der Waals surface area contributed by atoms with Crippen molar-refractivity contribution in [3.8, 4) is 0 Å². The summed E-state index contributed by atoms with van der Waals surface area (Å²) in [5.74, 6) is -0.271. The number of benzene rings is 3. The second-order valence-electron chi connectivity index (χ2n) is 8.09. The van der Waals surface area contributed by atoms with E-state index in [0.29, 0.717) is 5.71 Å². The highest BCUT2D eigenvalue weighted by Crippen LogP contribution is 2.36. The van der Waals surface area contributed by atoms with Gasteiger partial charge < -0.3 is 9.97 Å². The largest absolute Gasteiger partial charge is 0.361 e. The van der Waals surface area contributed by atoms with Crippen LogP contribution in [0.5, 0.6) is 0 Å². The normalized spacial score (nSPS) is 11.9. The Morgan fingerprint density at radius 3 is 1.97 bits per heavy atom. The minimum atomic E-state index is -0.671. The number of hydrogen-bond acceptors (Lipinski definition) is 6. The lowest BCUT2D eigenvalue weighted by atomic mass is 9.87. The van der Waals surface area contributed by atoms with Crippen molar-refractivity contribution in [1.29, 1.82) is 0 Å². The van der Waals surface area contributed by atoms with Gasteiger partial charge in [-0.2, -0.15) is 5.10 Å². The number of para-hydroxylation sites is 2. The number of nitrogens with zero attached hydrogens (tertiary/aromatic N) is 3. The lowest BCUT2D eigenvalue weighted by Gasteiger charge is -2.17. The smallest absolute Gasteiger partial charge is 0.301 e. The van der Waals surface area contributed by atoms with Crippen LogP contribution < -0.4 is 5.43 Å². The van der Waals surface area contributed by atoms with E-state index >= 15 is 0 Å². The molecule has 0 unspecified atom stereocenters. The first-order valence-corrected chi connectivity index (χ1v) is 10.8. The van der Waals surface area contributed by atoms with E-state index in [2.05, 4.69) is 20.5 Å². The molecule has 0 bridgehead atoms. The van der Waals surface area contributed by atoms with Crippen LogP contribution in [0.1, 0.15) is 24.0 Å². The van der Waals surface area contributed by atoms with Crippen molar-refractivity contribution < 1.29 is 9.85 Å². The van der Waals surface area contributed by atoms with Gasteiger partial charge in [-0.3, -0.25) is 25.7 Å². The van der Waals surface area contributed by atoms with Gasteiger partial charge >= 0.3 is 5.69 Å². The molecule has 0 atom stereocenters. The topological polar surface area (TPSA) is 142 Å². The summed E-state index contributed by atoms with van der Waals surface area (Å²) in [5, 5.41) is 29.2. The molecule has 0 aliphatic carbocycles. The van der Waals surface area contributed by atoms with E-state index in [1.165, 1.54) is 12.1 Å². The van der Waals surface area contributed by atoms with Crippen LogP contribution in [0.4, 0.5) is 17.1 Å². The molecular weight excluding hydrogens is 448 g/mol. The molecule has 5 rings (SSSR count). The maximum absolute atomic E-state index is 11.5. The van der Waals surface area contributed by atoms with E-state index in [4.69, 9.17) is 0 Å². The molecule has 0 amide bonds. The summed E-state index contributed by atoms with van der Waals surface area (Å²) in [4.78, 5) is 27.9. The molecule has 174 valence electrons. The number of hydrogen-bond donors (Lipinski definition) is 3. The Morgan fingerprint density at radius 2 is 1.43 bits per heavy atom. The number of nitrogens with one attached hydrogen (secondary N) is 3. The molecule has 0 saturated heterocycles. The zero-order valence-corrected chi connectivity index (χ0v) is 18.6. The van der Waals surface area contributed by atoms with Crippen LogP contribution in [0.3, 0.4) is 0 Å². The Labute approximate surface area is 198 Å². The van der Waals surface area contributed by atoms with Gasteiger partial charge in [0, 0.05) is 46.0 Å². The molecule has 10 nitrogen and oxygen atoms in total. The quantitative estimate of drug-likeness (QED) is 0.151. The summed E-state index contributed by atoms with van der Waals surface area (Å²) in [6.45, 7) is 1.85. The minimum Gasteiger partial charge on any atom is -0.361 e. The third-order valence-electron chi connectivity index (χ3n) is 6.02. The van der Waals surface area contributed by atoms with Gasteiger partial charge in [0.15, 0.2) is 0 Å². The summed E-state index contributed by atoms with van der Waals surface area (Å²) in [7, 11) is 0. The standard InChI is InChI=1S/C25H20N6O4/c1-15(28-29-23-11-10-16(30(32)33)12-24(23)31(34)35)25(19-13-26-21-8-4-2-6-17(19)21)20-14-27-22-9-5-3-7-18(20)22/h2-14,25-27,29H,1H3/b28-15+. The molecule has 5 aromatic rings. The van der Waals surface area contributed by atoms with Gasteiger partial charge in [-0.05, 0) is 36.2 Å². The molecule has 10 heteroatoms. The molecule has 3 N–H and O–H groups in total. The number of non-ortho nitro benzene ring substituents is 1. The Balaban J connectivity index is 1.61. The minimum absolute atomic E-state index is 0.0663. The fourth-order valence-corrected chi connectivity index (χ4v) is 4.38. The van der Waals surface area contributed by atoms with Gasteiger partial charge in [0.05, 0.1) is 21.8 Å².